The highest BCUT2D eigenvalue weighted by Crippen LogP contribution is 2.23. The number of aryl methyl sites for hydroxylation is 1. The first-order valence-corrected chi connectivity index (χ1v) is 7.86. The van der Waals surface area contributed by atoms with Crippen LogP contribution in [0.1, 0.15) is 54.1 Å². The number of aliphatic carboxylic acids is 1. The molecule has 2 rings (SSSR count). The molecule has 0 unspecified atom stereocenters. The quantitative estimate of drug-likeness (QED) is 0.866. The zero-order chi connectivity index (χ0) is 16.1. The minimum Gasteiger partial charge on any atom is -0.478 e. The molecule has 4 nitrogen and oxygen atoms in total. The van der Waals surface area contributed by atoms with Gasteiger partial charge in [-0.05, 0) is 55.4 Å². The van der Waals surface area contributed by atoms with Crippen LogP contribution in [0.3, 0.4) is 0 Å². The van der Waals surface area contributed by atoms with Crippen molar-refractivity contribution in [2.24, 2.45) is 0 Å². The van der Waals surface area contributed by atoms with Crippen LogP contribution >= 0.6 is 0 Å². The molecule has 22 heavy (non-hydrogen) atoms. The van der Waals surface area contributed by atoms with Gasteiger partial charge in [0, 0.05) is 24.7 Å². The number of hydrogen-bond acceptors (Lipinski definition) is 2. The van der Waals surface area contributed by atoms with E-state index in [1.54, 1.807) is 0 Å². The lowest BCUT2D eigenvalue weighted by Gasteiger charge is -2.27. The van der Waals surface area contributed by atoms with E-state index in [9.17, 15) is 9.59 Å². The maximum atomic E-state index is 12.6. The average Bonchev–Trinajstić information content (AvgIpc) is 2.52. The summed E-state index contributed by atoms with van der Waals surface area (Å²) in [5.74, 6) is -0.855. The molecule has 0 spiro atoms. The third-order valence-electron chi connectivity index (χ3n) is 4.15. The van der Waals surface area contributed by atoms with Crippen molar-refractivity contribution in [2.75, 3.05) is 13.1 Å². The van der Waals surface area contributed by atoms with E-state index >= 15 is 0 Å². The average molecular weight is 301 g/mol. The van der Waals surface area contributed by atoms with E-state index in [0.29, 0.717) is 6.42 Å². The van der Waals surface area contributed by atoms with E-state index in [4.69, 9.17) is 5.11 Å². The van der Waals surface area contributed by atoms with Crippen molar-refractivity contribution >= 4 is 17.4 Å². The van der Waals surface area contributed by atoms with Crippen LogP contribution < -0.4 is 0 Å². The number of rotatable bonds is 4. The maximum Gasteiger partial charge on any atom is 0.328 e. The molecule has 1 aromatic carbocycles. The Morgan fingerprint density at radius 2 is 1.91 bits per heavy atom. The van der Waals surface area contributed by atoms with Crippen molar-refractivity contribution in [3.05, 3.63) is 41.0 Å². The first-order chi connectivity index (χ1) is 10.5. The number of allylic oxidation sites excluding steroid dienone is 1. The van der Waals surface area contributed by atoms with Gasteiger partial charge in [-0.1, -0.05) is 19.1 Å². The molecule has 1 aromatic rings. The van der Waals surface area contributed by atoms with Gasteiger partial charge in [0.2, 0.25) is 0 Å². The summed E-state index contributed by atoms with van der Waals surface area (Å²) in [4.78, 5) is 25.4. The molecule has 0 bridgehead atoms. The lowest BCUT2D eigenvalue weighted by atomic mass is 9.97. The Balaban J connectivity index is 2.25. The molecule has 4 heteroatoms. The molecule has 1 aliphatic rings. The molecule has 1 fully saturated rings. The van der Waals surface area contributed by atoms with Crippen molar-refractivity contribution < 1.29 is 14.7 Å². The summed E-state index contributed by atoms with van der Waals surface area (Å²) in [6.45, 7) is 5.50. The third-order valence-corrected chi connectivity index (χ3v) is 4.15. The van der Waals surface area contributed by atoms with Gasteiger partial charge in [-0.25, -0.2) is 4.79 Å². The van der Waals surface area contributed by atoms with Gasteiger partial charge in [0.15, 0.2) is 0 Å². The lowest BCUT2D eigenvalue weighted by Crippen LogP contribution is -2.35. The standard InChI is InChI=1S/C18H23NO3/c1-3-14(12-17(20)21)15-7-8-16(13(2)11-15)18(22)19-9-5-4-6-10-19/h7-8,11-12H,3-6,9-10H2,1-2H3,(H,20,21)/b14-12+. The smallest absolute Gasteiger partial charge is 0.328 e. The number of benzene rings is 1. The Morgan fingerprint density at radius 3 is 2.45 bits per heavy atom. The fraction of sp³-hybridized carbons (Fsp3) is 0.444. The Labute approximate surface area is 131 Å². The number of carbonyl (C=O) groups excluding carboxylic acids is 1. The van der Waals surface area contributed by atoms with E-state index in [1.165, 1.54) is 12.5 Å². The SMILES string of the molecule is CC/C(=C\C(=O)O)c1ccc(C(=O)N2CCCCC2)c(C)c1. The molecular weight excluding hydrogens is 278 g/mol. The van der Waals surface area contributed by atoms with Gasteiger partial charge in [0.1, 0.15) is 0 Å². The number of piperidine rings is 1. The van der Waals surface area contributed by atoms with Gasteiger partial charge in [-0.2, -0.15) is 0 Å². The van der Waals surface area contributed by atoms with Crippen LogP contribution in [0.15, 0.2) is 24.3 Å². The summed E-state index contributed by atoms with van der Waals surface area (Å²) >= 11 is 0. The first-order valence-electron chi connectivity index (χ1n) is 7.86. The van der Waals surface area contributed by atoms with Crippen LogP contribution in [0.25, 0.3) is 5.57 Å². The van der Waals surface area contributed by atoms with Gasteiger partial charge in [-0.3, -0.25) is 4.79 Å². The van der Waals surface area contributed by atoms with Crippen molar-refractivity contribution in [3.63, 3.8) is 0 Å². The van der Waals surface area contributed by atoms with Gasteiger partial charge in [0.05, 0.1) is 0 Å². The number of carboxylic acids is 1. The van der Waals surface area contributed by atoms with Gasteiger partial charge in [-0.15, -0.1) is 0 Å². The summed E-state index contributed by atoms with van der Waals surface area (Å²) in [7, 11) is 0. The van der Waals surface area contributed by atoms with Crippen molar-refractivity contribution in [1.29, 1.82) is 0 Å². The van der Waals surface area contributed by atoms with Gasteiger partial charge >= 0.3 is 5.97 Å². The molecular formula is C18H23NO3. The summed E-state index contributed by atoms with van der Waals surface area (Å²) in [6, 6.07) is 5.59. The molecule has 0 radical (unpaired) electrons. The molecule has 0 aliphatic carbocycles. The molecule has 118 valence electrons. The normalized spacial score (nSPS) is 15.7. The Kier molecular flexibility index (Phi) is 5.36. The highest BCUT2D eigenvalue weighted by molar-refractivity contribution is 5.96. The van der Waals surface area contributed by atoms with E-state index in [0.717, 1.165) is 48.2 Å². The van der Waals surface area contributed by atoms with Crippen LogP contribution in [0, 0.1) is 6.92 Å². The fourth-order valence-electron chi connectivity index (χ4n) is 2.91. The summed E-state index contributed by atoms with van der Waals surface area (Å²) in [5, 5.41) is 8.92. The minimum atomic E-state index is -0.942. The zero-order valence-corrected chi connectivity index (χ0v) is 13.3. The molecule has 0 atom stereocenters. The number of hydrogen-bond donors (Lipinski definition) is 1. The highest BCUT2D eigenvalue weighted by Gasteiger charge is 2.19. The maximum absolute atomic E-state index is 12.6. The molecule has 1 amide bonds. The van der Waals surface area contributed by atoms with E-state index in [2.05, 4.69) is 0 Å². The van der Waals surface area contributed by atoms with E-state index in [1.807, 2.05) is 36.9 Å². The predicted molar refractivity (Wildman–Crippen MR) is 86.8 cm³/mol. The van der Waals surface area contributed by atoms with Crippen LogP contribution in [0.5, 0.6) is 0 Å². The van der Waals surface area contributed by atoms with Crippen LogP contribution in [-0.4, -0.2) is 35.0 Å². The Hall–Kier alpha value is -2.10. The first kappa shape index (κ1) is 16.3. The summed E-state index contributed by atoms with van der Waals surface area (Å²) in [6.07, 6.45) is 5.22. The molecule has 0 saturated carbocycles. The largest absolute Gasteiger partial charge is 0.478 e. The number of nitrogens with zero attached hydrogens (tertiary/aromatic N) is 1. The number of carboxylic acid groups (broad SMARTS) is 1. The molecule has 1 saturated heterocycles. The van der Waals surface area contributed by atoms with Crippen molar-refractivity contribution in [3.8, 4) is 0 Å². The van der Waals surface area contributed by atoms with Crippen LogP contribution in [0.2, 0.25) is 0 Å². The second kappa shape index (κ2) is 7.25. The monoisotopic (exact) mass is 301 g/mol. The fourth-order valence-corrected chi connectivity index (χ4v) is 2.91. The third kappa shape index (κ3) is 3.75. The Bertz CT molecular complexity index is 598. The molecule has 0 aromatic heterocycles. The topological polar surface area (TPSA) is 57.6 Å². The van der Waals surface area contributed by atoms with Crippen LogP contribution in [0.4, 0.5) is 0 Å². The summed E-state index contributed by atoms with van der Waals surface area (Å²) in [5.41, 5.74) is 3.26. The number of likely N-dealkylation sites (tertiary alicyclic amines) is 1. The van der Waals surface area contributed by atoms with Crippen molar-refractivity contribution in [1.82, 2.24) is 4.90 Å². The van der Waals surface area contributed by atoms with E-state index in [-0.39, 0.29) is 5.91 Å². The predicted octanol–water partition coefficient (Wildman–Crippen LogP) is 3.50. The second-order valence-corrected chi connectivity index (χ2v) is 5.74. The van der Waals surface area contributed by atoms with Gasteiger partial charge < -0.3 is 10.0 Å². The molecule has 1 heterocycles. The number of amides is 1. The summed E-state index contributed by atoms with van der Waals surface area (Å²) < 4.78 is 0. The molecule has 1 aliphatic heterocycles. The number of carbonyl (C=O) groups is 2. The van der Waals surface area contributed by atoms with Crippen molar-refractivity contribution in [2.45, 2.75) is 39.5 Å². The minimum absolute atomic E-state index is 0.0870. The molecule has 1 N–H and O–H groups in total. The highest BCUT2D eigenvalue weighted by atomic mass is 16.4. The second-order valence-electron chi connectivity index (χ2n) is 5.74. The van der Waals surface area contributed by atoms with Gasteiger partial charge in [0.25, 0.3) is 5.91 Å². The van der Waals surface area contributed by atoms with Crippen LogP contribution in [-0.2, 0) is 4.79 Å². The lowest BCUT2D eigenvalue weighted by molar-refractivity contribution is -0.131. The Morgan fingerprint density at radius 1 is 1.23 bits per heavy atom. The zero-order valence-electron chi connectivity index (χ0n) is 13.3. The van der Waals surface area contributed by atoms with E-state index < -0.39 is 5.97 Å².